The minimum Gasteiger partial charge on any atom is -0.454 e. The Kier molecular flexibility index (Phi) is 7.02. The van der Waals surface area contributed by atoms with Crippen LogP contribution >= 0.6 is 0 Å². The minimum absolute atomic E-state index is 0.867. The molecule has 260 valence electrons. The number of benzene rings is 7. The van der Waals surface area contributed by atoms with Crippen LogP contribution in [0.25, 0.3) is 72.0 Å². The molecule has 0 spiro atoms. The maximum Gasteiger partial charge on any atom is 0.179 e. The highest BCUT2D eigenvalue weighted by molar-refractivity contribution is 7.20. The van der Waals surface area contributed by atoms with Crippen molar-refractivity contribution in [2.45, 2.75) is 0 Å². The van der Waals surface area contributed by atoms with Crippen LogP contribution in [0.5, 0.6) is 0 Å². The third-order valence-corrected chi connectivity index (χ3v) is 16.1. The van der Waals surface area contributed by atoms with Gasteiger partial charge in [-0.3, -0.25) is 4.57 Å². The molecule has 0 atom stereocenters. The van der Waals surface area contributed by atoms with E-state index in [9.17, 15) is 0 Å². The normalized spacial score (nSPS) is 12.1. The molecule has 0 radical (unpaired) electrons. The van der Waals surface area contributed by atoms with Crippen LogP contribution in [0.2, 0.25) is 0 Å². The molecule has 4 heterocycles. The average Bonchev–Trinajstić information content (AvgIpc) is 3.92. The molecular formula is C49H34N4OSi. The van der Waals surface area contributed by atoms with Gasteiger partial charge in [0.15, 0.2) is 13.7 Å². The highest BCUT2D eigenvalue weighted by Gasteiger charge is 2.42. The lowest BCUT2D eigenvalue weighted by Crippen LogP contribution is -2.74. The monoisotopic (exact) mass is 722 g/mol. The van der Waals surface area contributed by atoms with Crippen molar-refractivity contribution in [2.75, 3.05) is 0 Å². The van der Waals surface area contributed by atoms with E-state index < -0.39 is 8.07 Å². The summed E-state index contributed by atoms with van der Waals surface area (Å²) < 4.78 is 11.2. The quantitative estimate of drug-likeness (QED) is 0.127. The fraction of sp³-hybridized carbons (Fsp3) is 0.0204. The zero-order valence-corrected chi connectivity index (χ0v) is 31.1. The molecule has 0 aliphatic heterocycles. The van der Waals surface area contributed by atoms with Gasteiger partial charge in [-0.2, -0.15) is 0 Å². The third kappa shape index (κ3) is 4.65. The molecule has 0 aliphatic carbocycles. The van der Waals surface area contributed by atoms with Crippen LogP contribution in [0, 0.1) is 0 Å². The second-order valence-corrected chi connectivity index (χ2v) is 18.1. The van der Waals surface area contributed by atoms with Gasteiger partial charge in [0.05, 0.1) is 16.6 Å². The summed E-state index contributed by atoms with van der Waals surface area (Å²) in [4.78, 5) is 10.1. The first-order valence-corrected chi connectivity index (χ1v) is 20.6. The van der Waals surface area contributed by atoms with Crippen LogP contribution in [0.4, 0.5) is 0 Å². The number of aromatic nitrogens is 4. The van der Waals surface area contributed by atoms with Gasteiger partial charge in [-0.1, -0.05) is 133 Å². The molecule has 7 aromatic carbocycles. The molecule has 0 bridgehead atoms. The molecule has 6 heteroatoms. The van der Waals surface area contributed by atoms with Crippen molar-refractivity contribution in [3.8, 4) is 17.1 Å². The topological polar surface area (TPSA) is 48.8 Å². The highest BCUT2D eigenvalue weighted by atomic mass is 28.3. The van der Waals surface area contributed by atoms with Crippen molar-refractivity contribution < 1.29 is 4.42 Å². The second-order valence-electron chi connectivity index (χ2n) is 14.2. The molecule has 0 saturated carbocycles. The summed E-state index contributed by atoms with van der Waals surface area (Å²) in [6.07, 6.45) is 1.89. The van der Waals surface area contributed by atoms with Crippen LogP contribution in [0.1, 0.15) is 0 Å². The van der Waals surface area contributed by atoms with E-state index in [1.807, 2.05) is 18.3 Å². The first-order valence-electron chi connectivity index (χ1n) is 18.6. The SMILES string of the molecule is Cn1c(-c2cccc([Si](c3ccccc3)(c3ccccc3)c3cccc(-n4c5ncccc5c5ccc6c7ccccc7oc6c54)c3)c2)nc2ccccc21. The van der Waals surface area contributed by atoms with Crippen LogP contribution in [-0.2, 0) is 7.05 Å². The van der Waals surface area contributed by atoms with Crippen molar-refractivity contribution in [3.63, 3.8) is 0 Å². The maximum atomic E-state index is 6.70. The molecule has 0 saturated heterocycles. The van der Waals surface area contributed by atoms with Crippen LogP contribution in [-0.4, -0.2) is 27.2 Å². The van der Waals surface area contributed by atoms with Gasteiger partial charge in [0.2, 0.25) is 0 Å². The summed E-state index contributed by atoms with van der Waals surface area (Å²) in [6.45, 7) is 0. The van der Waals surface area contributed by atoms with E-state index in [2.05, 4.69) is 186 Å². The molecule has 0 unspecified atom stereocenters. The Bertz CT molecular complexity index is 3190. The van der Waals surface area contributed by atoms with E-state index in [1.165, 1.54) is 20.7 Å². The summed E-state index contributed by atoms with van der Waals surface area (Å²) in [5, 5.41) is 9.58. The predicted molar refractivity (Wildman–Crippen MR) is 229 cm³/mol. The number of rotatable bonds is 6. The van der Waals surface area contributed by atoms with Crippen molar-refractivity contribution in [1.82, 2.24) is 19.1 Å². The third-order valence-electron chi connectivity index (χ3n) is 11.3. The number of fused-ring (bicyclic) bond motifs is 8. The summed E-state index contributed by atoms with van der Waals surface area (Å²) in [7, 11) is -0.864. The average molecular weight is 723 g/mol. The van der Waals surface area contributed by atoms with E-state index in [1.54, 1.807) is 0 Å². The highest BCUT2D eigenvalue weighted by Crippen LogP contribution is 2.39. The zero-order chi connectivity index (χ0) is 36.5. The lowest BCUT2D eigenvalue weighted by molar-refractivity contribution is 0.671. The zero-order valence-electron chi connectivity index (χ0n) is 30.1. The Morgan fingerprint density at radius 3 is 1.98 bits per heavy atom. The van der Waals surface area contributed by atoms with Crippen LogP contribution in [0.15, 0.2) is 193 Å². The first-order chi connectivity index (χ1) is 27.2. The van der Waals surface area contributed by atoms with Crippen LogP contribution < -0.4 is 20.7 Å². The van der Waals surface area contributed by atoms with E-state index in [4.69, 9.17) is 14.4 Å². The molecule has 4 aromatic heterocycles. The van der Waals surface area contributed by atoms with Crippen molar-refractivity contribution in [3.05, 3.63) is 188 Å². The molecule has 55 heavy (non-hydrogen) atoms. The second kappa shape index (κ2) is 12.3. The fourth-order valence-corrected chi connectivity index (χ4v) is 13.7. The number of nitrogens with zero attached hydrogens (tertiary/aromatic N) is 4. The van der Waals surface area contributed by atoms with Gasteiger partial charge in [-0.15, -0.1) is 0 Å². The van der Waals surface area contributed by atoms with Gasteiger partial charge in [-0.05, 0) is 69.3 Å². The van der Waals surface area contributed by atoms with Gasteiger partial charge in [-0.25, -0.2) is 9.97 Å². The summed E-state index contributed by atoms with van der Waals surface area (Å²) >= 11 is 0. The first kappa shape index (κ1) is 31.5. The molecule has 11 rings (SSSR count). The van der Waals surface area contributed by atoms with Crippen molar-refractivity contribution >= 4 is 83.7 Å². The smallest absolute Gasteiger partial charge is 0.179 e. The number of hydrogen-bond donors (Lipinski definition) is 0. The molecular weight excluding hydrogens is 689 g/mol. The molecule has 0 aliphatic rings. The van der Waals surface area contributed by atoms with E-state index >= 15 is 0 Å². The number of pyridine rings is 1. The lowest BCUT2D eigenvalue weighted by Gasteiger charge is -2.35. The van der Waals surface area contributed by atoms with E-state index in [0.717, 1.165) is 72.0 Å². The maximum absolute atomic E-state index is 6.70. The van der Waals surface area contributed by atoms with E-state index in [-0.39, 0.29) is 0 Å². The molecule has 11 aromatic rings. The summed E-state index contributed by atoms with van der Waals surface area (Å²) in [5.74, 6) is 0.951. The summed E-state index contributed by atoms with van der Waals surface area (Å²) in [6, 6.07) is 65.7. The predicted octanol–water partition coefficient (Wildman–Crippen LogP) is 9.01. The van der Waals surface area contributed by atoms with Gasteiger partial charge in [0, 0.05) is 46.0 Å². The largest absolute Gasteiger partial charge is 0.454 e. The lowest BCUT2D eigenvalue weighted by atomic mass is 10.1. The molecule has 0 amide bonds. The fourth-order valence-electron chi connectivity index (χ4n) is 8.91. The van der Waals surface area contributed by atoms with Crippen LogP contribution in [0.3, 0.4) is 0 Å². The van der Waals surface area contributed by atoms with Gasteiger partial charge < -0.3 is 8.98 Å². The Labute approximate surface area is 318 Å². The van der Waals surface area contributed by atoms with Gasteiger partial charge in [0.25, 0.3) is 0 Å². The van der Waals surface area contributed by atoms with Crippen molar-refractivity contribution in [1.29, 1.82) is 0 Å². The molecule has 5 nitrogen and oxygen atoms in total. The Hall–Kier alpha value is -7.02. The number of aryl methyl sites for hydroxylation is 1. The summed E-state index contributed by atoms with van der Waals surface area (Å²) in [5.41, 5.74) is 7.91. The number of imidazole rings is 1. The number of furan rings is 1. The molecule has 0 N–H and O–H groups in total. The molecule has 0 fully saturated rings. The standard InChI is InChI=1S/C49H34N4OSi/c1-52-44-26-10-9-25-43(44)51-48(52)33-15-12-21-37(31-33)55(35-17-4-2-5-18-35,36-19-6-3-7-20-36)38-22-13-16-34(32-38)53-46-40(42-24-14-30-50-49(42)53)28-29-41-39-23-8-11-27-45(39)54-47(41)46/h2-32H,1H3. The van der Waals surface area contributed by atoms with E-state index in [0.29, 0.717) is 0 Å². The number of para-hydroxylation sites is 3. The van der Waals surface area contributed by atoms with Gasteiger partial charge >= 0.3 is 0 Å². The minimum atomic E-state index is -2.97. The Balaban J connectivity index is 1.22. The van der Waals surface area contributed by atoms with Gasteiger partial charge in [0.1, 0.15) is 17.1 Å². The Morgan fingerprint density at radius 1 is 0.527 bits per heavy atom. The Morgan fingerprint density at radius 2 is 1.18 bits per heavy atom. The van der Waals surface area contributed by atoms with Crippen molar-refractivity contribution in [2.24, 2.45) is 7.05 Å². The number of hydrogen-bond acceptors (Lipinski definition) is 3.